The average Bonchev–Trinajstić information content (AvgIpc) is 3.02. The van der Waals surface area contributed by atoms with Gasteiger partial charge in [-0.05, 0) is 74.2 Å². The molecule has 1 heterocycles. The van der Waals surface area contributed by atoms with Crippen LogP contribution in [0.3, 0.4) is 0 Å². The molecule has 0 fully saturated rings. The fourth-order valence-electron chi connectivity index (χ4n) is 4.34. The molecule has 1 aliphatic rings. The molecule has 2 amide bonds. The Hall–Kier alpha value is -4.39. The summed E-state index contributed by atoms with van der Waals surface area (Å²) in [5, 5.41) is 16.2. The number of phenolic OH excluding ortho intramolecular Hbond substituents is 1. The molecule has 3 aromatic rings. The third-order valence-corrected chi connectivity index (χ3v) is 6.49. The first-order chi connectivity index (χ1) is 17.2. The molecule has 4 rings (SSSR count). The van der Waals surface area contributed by atoms with E-state index in [1.165, 1.54) is 23.2 Å². The SMILES string of the molecule is Cc1ccc(N2C(=O)CNC=C(C(=O)c3ccccc3O)C2C(=O)Nc2c(C)cccc2C)cc1C. The molecular formula is C29H29N3O4. The number of para-hydroxylation sites is 2. The minimum atomic E-state index is -1.28. The van der Waals surface area contributed by atoms with Crippen LogP contribution in [-0.4, -0.2) is 35.3 Å². The van der Waals surface area contributed by atoms with Gasteiger partial charge in [0, 0.05) is 23.1 Å². The van der Waals surface area contributed by atoms with Crippen molar-refractivity contribution in [3.8, 4) is 5.75 Å². The van der Waals surface area contributed by atoms with Gasteiger partial charge in [-0.1, -0.05) is 36.4 Å². The van der Waals surface area contributed by atoms with Crippen LogP contribution in [-0.2, 0) is 9.59 Å². The second kappa shape index (κ2) is 10.1. The van der Waals surface area contributed by atoms with Gasteiger partial charge in [0.05, 0.1) is 12.1 Å². The van der Waals surface area contributed by atoms with Crippen LogP contribution in [0.2, 0.25) is 0 Å². The van der Waals surface area contributed by atoms with Crippen LogP contribution in [0, 0.1) is 27.7 Å². The standard InChI is InChI=1S/C29H29N3O4/c1-17-12-13-21(14-20(17)4)32-25(34)16-30-15-23(28(35)22-10-5-6-11-24(22)33)27(32)29(36)31-26-18(2)8-7-9-19(26)3/h5-15,27,30,33H,16H2,1-4H3,(H,31,36). The first-order valence-electron chi connectivity index (χ1n) is 11.7. The molecule has 0 saturated carbocycles. The molecule has 1 atom stereocenters. The van der Waals surface area contributed by atoms with Gasteiger partial charge in [-0.15, -0.1) is 0 Å². The average molecular weight is 484 g/mol. The Morgan fingerprint density at radius 1 is 0.917 bits per heavy atom. The number of aromatic hydroxyl groups is 1. The molecule has 184 valence electrons. The van der Waals surface area contributed by atoms with Gasteiger partial charge in [-0.2, -0.15) is 0 Å². The normalized spacial score (nSPS) is 15.6. The lowest BCUT2D eigenvalue weighted by Crippen LogP contribution is -2.50. The number of aryl methyl sites for hydroxylation is 4. The fraction of sp³-hybridized carbons (Fsp3) is 0.207. The van der Waals surface area contributed by atoms with Gasteiger partial charge in [0.25, 0.3) is 5.91 Å². The molecule has 0 bridgehead atoms. The quantitative estimate of drug-likeness (QED) is 0.469. The zero-order valence-corrected chi connectivity index (χ0v) is 20.8. The third-order valence-electron chi connectivity index (χ3n) is 6.49. The predicted molar refractivity (Wildman–Crippen MR) is 140 cm³/mol. The summed E-state index contributed by atoms with van der Waals surface area (Å²) in [5.41, 5.74) is 4.93. The Kier molecular flexibility index (Phi) is 6.92. The number of amides is 2. The number of hydrogen-bond donors (Lipinski definition) is 3. The van der Waals surface area contributed by atoms with E-state index in [0.29, 0.717) is 11.4 Å². The highest BCUT2D eigenvalue weighted by Gasteiger charge is 2.39. The number of benzene rings is 3. The summed E-state index contributed by atoms with van der Waals surface area (Å²) in [6.45, 7) is 7.55. The van der Waals surface area contributed by atoms with Gasteiger partial charge < -0.3 is 15.7 Å². The summed E-state index contributed by atoms with van der Waals surface area (Å²) >= 11 is 0. The molecule has 7 heteroatoms. The van der Waals surface area contributed by atoms with E-state index in [2.05, 4.69) is 10.6 Å². The number of anilines is 2. The number of rotatable bonds is 5. The Morgan fingerprint density at radius 3 is 2.28 bits per heavy atom. The van der Waals surface area contributed by atoms with E-state index in [9.17, 15) is 19.5 Å². The minimum Gasteiger partial charge on any atom is -0.507 e. The van der Waals surface area contributed by atoms with Crippen LogP contribution in [0.1, 0.15) is 32.6 Å². The molecule has 0 saturated heterocycles. The maximum absolute atomic E-state index is 13.9. The number of phenols is 1. The van der Waals surface area contributed by atoms with Crippen molar-refractivity contribution in [3.63, 3.8) is 0 Å². The predicted octanol–water partition coefficient (Wildman–Crippen LogP) is 4.34. The summed E-state index contributed by atoms with van der Waals surface area (Å²) in [5.74, 6) is -1.65. The van der Waals surface area contributed by atoms with Crippen molar-refractivity contribution in [2.75, 3.05) is 16.8 Å². The van der Waals surface area contributed by atoms with Crippen molar-refractivity contribution >= 4 is 29.0 Å². The number of nitrogens with one attached hydrogen (secondary N) is 2. The third kappa shape index (κ3) is 4.73. The molecule has 0 aromatic heterocycles. The van der Waals surface area contributed by atoms with E-state index in [0.717, 1.165) is 22.3 Å². The van der Waals surface area contributed by atoms with Gasteiger partial charge in [-0.3, -0.25) is 19.3 Å². The van der Waals surface area contributed by atoms with Crippen LogP contribution in [0.5, 0.6) is 5.75 Å². The highest BCUT2D eigenvalue weighted by Crippen LogP contribution is 2.30. The highest BCUT2D eigenvalue weighted by atomic mass is 16.3. The second-order valence-electron chi connectivity index (χ2n) is 9.02. The van der Waals surface area contributed by atoms with Gasteiger partial charge in [0.15, 0.2) is 5.78 Å². The lowest BCUT2D eigenvalue weighted by atomic mass is 9.94. The van der Waals surface area contributed by atoms with E-state index >= 15 is 0 Å². The number of Topliss-reactive ketones (excluding diaryl/α,β-unsaturated/α-hetero) is 1. The van der Waals surface area contributed by atoms with Crippen LogP contribution in [0.25, 0.3) is 0 Å². The van der Waals surface area contributed by atoms with Crippen molar-refractivity contribution < 1.29 is 19.5 Å². The van der Waals surface area contributed by atoms with E-state index in [-0.39, 0.29) is 29.3 Å². The zero-order valence-electron chi connectivity index (χ0n) is 20.8. The monoisotopic (exact) mass is 483 g/mol. The Balaban J connectivity index is 1.87. The van der Waals surface area contributed by atoms with Crippen molar-refractivity contribution in [2.45, 2.75) is 33.7 Å². The molecule has 0 spiro atoms. The fourth-order valence-corrected chi connectivity index (χ4v) is 4.34. The molecule has 0 radical (unpaired) electrons. The Morgan fingerprint density at radius 2 is 1.61 bits per heavy atom. The molecule has 1 aliphatic heterocycles. The van der Waals surface area contributed by atoms with E-state index < -0.39 is 17.7 Å². The Bertz CT molecular complexity index is 1370. The molecule has 0 aliphatic carbocycles. The summed E-state index contributed by atoms with van der Waals surface area (Å²) < 4.78 is 0. The summed E-state index contributed by atoms with van der Waals surface area (Å²) in [6, 6.07) is 16.0. The number of nitrogens with zero attached hydrogens (tertiary/aromatic N) is 1. The zero-order chi connectivity index (χ0) is 26.0. The Labute approximate surface area is 210 Å². The van der Waals surface area contributed by atoms with Crippen molar-refractivity contribution in [2.24, 2.45) is 0 Å². The maximum atomic E-state index is 13.9. The van der Waals surface area contributed by atoms with Gasteiger partial charge in [-0.25, -0.2) is 0 Å². The number of ketones is 1. The van der Waals surface area contributed by atoms with Crippen LogP contribution >= 0.6 is 0 Å². The number of hydrogen-bond acceptors (Lipinski definition) is 5. The van der Waals surface area contributed by atoms with Crippen molar-refractivity contribution in [1.29, 1.82) is 0 Å². The van der Waals surface area contributed by atoms with Gasteiger partial charge in [0.1, 0.15) is 11.8 Å². The smallest absolute Gasteiger partial charge is 0.252 e. The second-order valence-corrected chi connectivity index (χ2v) is 9.02. The van der Waals surface area contributed by atoms with E-state index in [1.807, 2.05) is 58.0 Å². The first-order valence-corrected chi connectivity index (χ1v) is 11.7. The van der Waals surface area contributed by atoms with Crippen LogP contribution < -0.4 is 15.5 Å². The highest BCUT2D eigenvalue weighted by molar-refractivity contribution is 6.19. The topological polar surface area (TPSA) is 98.7 Å². The molecular weight excluding hydrogens is 454 g/mol. The van der Waals surface area contributed by atoms with E-state index in [1.54, 1.807) is 18.2 Å². The minimum absolute atomic E-state index is 0.0457. The molecule has 1 unspecified atom stereocenters. The molecule has 7 nitrogen and oxygen atoms in total. The lowest BCUT2D eigenvalue weighted by molar-refractivity contribution is -0.122. The maximum Gasteiger partial charge on any atom is 0.252 e. The molecule has 36 heavy (non-hydrogen) atoms. The van der Waals surface area contributed by atoms with Crippen molar-refractivity contribution in [3.05, 3.63) is 100 Å². The van der Waals surface area contributed by atoms with Gasteiger partial charge >= 0.3 is 0 Å². The summed E-state index contributed by atoms with van der Waals surface area (Å²) in [7, 11) is 0. The largest absolute Gasteiger partial charge is 0.507 e. The van der Waals surface area contributed by atoms with Gasteiger partial charge in [0.2, 0.25) is 5.91 Å². The number of carbonyl (C=O) groups is 3. The van der Waals surface area contributed by atoms with Crippen molar-refractivity contribution in [1.82, 2.24) is 5.32 Å². The summed E-state index contributed by atoms with van der Waals surface area (Å²) in [4.78, 5) is 42.4. The molecule has 3 aromatic carbocycles. The molecule has 3 N–H and O–H groups in total. The van der Waals surface area contributed by atoms with Crippen LogP contribution in [0.15, 0.2) is 72.4 Å². The van der Waals surface area contributed by atoms with E-state index in [4.69, 9.17) is 0 Å². The number of carbonyl (C=O) groups excluding carboxylic acids is 3. The first kappa shape index (κ1) is 24.7. The van der Waals surface area contributed by atoms with Crippen LogP contribution in [0.4, 0.5) is 11.4 Å². The summed E-state index contributed by atoms with van der Waals surface area (Å²) in [6.07, 6.45) is 1.41. The lowest BCUT2D eigenvalue weighted by Gasteiger charge is -2.31.